The largest absolute Gasteiger partial charge is 0.477 e. The second-order valence-electron chi connectivity index (χ2n) is 5.64. The molecule has 9 nitrogen and oxygen atoms in total. The van der Waals surface area contributed by atoms with Crippen LogP contribution in [-0.4, -0.2) is 81.8 Å². The number of carboxylic acids is 1. The molecule has 1 rings (SSSR count). The molecule has 0 bridgehead atoms. The Morgan fingerprint density at radius 1 is 1.42 bits per heavy atom. The number of nitrogens with two attached hydrogens (primary N) is 1. The first-order valence-corrected chi connectivity index (χ1v) is 7.28. The first kappa shape index (κ1) is 20.6. The molecule has 1 aliphatic rings. The number of aliphatic hydroxyl groups is 3. The predicted octanol–water partition coefficient (Wildman–Crippen LogP) is -2.34. The summed E-state index contributed by atoms with van der Waals surface area (Å²) in [4.78, 5) is 22.5. The van der Waals surface area contributed by atoms with Gasteiger partial charge in [0, 0.05) is 12.8 Å². The summed E-state index contributed by atoms with van der Waals surface area (Å²) in [5.74, 6) is -8.15. The Morgan fingerprint density at radius 2 is 2.00 bits per heavy atom. The van der Waals surface area contributed by atoms with E-state index in [1.54, 1.807) is 0 Å². The standard InChI is InChI=1S/C13H22F2N2O7/c1-5(19)17-8-6(2-3-16)11(14)13(15,12(22)23)24-10(8)9(21)7(20)4-18/h6-11,18,20-21H,2-4,16H2,1H3,(H,17,19)(H,22,23)/t6?,7-,8-,9-,10?,11?,13-/m1/s1. The van der Waals surface area contributed by atoms with Crippen molar-refractivity contribution in [2.45, 2.75) is 49.7 Å². The molecule has 1 saturated heterocycles. The van der Waals surface area contributed by atoms with Crippen molar-refractivity contribution in [1.29, 1.82) is 0 Å². The molecule has 7 atom stereocenters. The van der Waals surface area contributed by atoms with Gasteiger partial charge in [-0.1, -0.05) is 0 Å². The Morgan fingerprint density at radius 3 is 2.42 bits per heavy atom. The van der Waals surface area contributed by atoms with Gasteiger partial charge >= 0.3 is 11.8 Å². The van der Waals surface area contributed by atoms with Crippen molar-refractivity contribution in [2.24, 2.45) is 11.7 Å². The van der Waals surface area contributed by atoms with Crippen LogP contribution in [-0.2, 0) is 14.3 Å². The van der Waals surface area contributed by atoms with Crippen molar-refractivity contribution in [3.63, 3.8) is 0 Å². The maximum Gasteiger partial charge on any atom is 0.372 e. The van der Waals surface area contributed by atoms with E-state index >= 15 is 0 Å². The normalized spacial score (nSPS) is 36.0. The van der Waals surface area contributed by atoms with E-state index in [2.05, 4.69) is 10.1 Å². The highest BCUT2D eigenvalue weighted by Crippen LogP contribution is 2.40. The number of hydrogen-bond donors (Lipinski definition) is 6. The van der Waals surface area contributed by atoms with Gasteiger partial charge in [0.05, 0.1) is 12.6 Å². The molecule has 1 amide bonds. The molecule has 11 heteroatoms. The summed E-state index contributed by atoms with van der Waals surface area (Å²) < 4.78 is 33.6. The number of halogens is 2. The number of hydrogen-bond acceptors (Lipinski definition) is 7. The summed E-state index contributed by atoms with van der Waals surface area (Å²) in [6.45, 7) is -0.0177. The van der Waals surface area contributed by atoms with E-state index in [9.17, 15) is 28.6 Å². The summed E-state index contributed by atoms with van der Waals surface area (Å²) in [7, 11) is 0. The van der Waals surface area contributed by atoms with Crippen LogP contribution in [0.1, 0.15) is 13.3 Å². The molecular formula is C13H22F2N2O7. The first-order chi connectivity index (χ1) is 11.1. The van der Waals surface area contributed by atoms with Crippen LogP contribution in [0.25, 0.3) is 0 Å². The molecule has 1 aliphatic heterocycles. The molecule has 0 aromatic carbocycles. The zero-order valence-electron chi connectivity index (χ0n) is 12.9. The number of carboxylic acid groups (broad SMARTS) is 1. The van der Waals surface area contributed by atoms with Gasteiger partial charge in [-0.25, -0.2) is 9.18 Å². The number of carbonyl (C=O) groups excluding carboxylic acids is 1. The highest BCUT2D eigenvalue weighted by Gasteiger charge is 2.62. The molecule has 1 heterocycles. The van der Waals surface area contributed by atoms with Crippen molar-refractivity contribution in [1.82, 2.24) is 5.32 Å². The highest BCUT2D eigenvalue weighted by molar-refractivity contribution is 5.77. The van der Waals surface area contributed by atoms with E-state index < -0.39 is 60.8 Å². The number of rotatable bonds is 7. The molecule has 0 spiro atoms. The van der Waals surface area contributed by atoms with Gasteiger partial charge in [-0.2, -0.15) is 4.39 Å². The van der Waals surface area contributed by atoms with E-state index in [0.717, 1.165) is 6.92 Å². The first-order valence-electron chi connectivity index (χ1n) is 7.28. The second kappa shape index (κ2) is 8.12. The average Bonchev–Trinajstić information content (AvgIpc) is 2.52. The van der Waals surface area contributed by atoms with E-state index in [1.165, 1.54) is 0 Å². The van der Waals surface area contributed by atoms with Crippen LogP contribution in [0.3, 0.4) is 0 Å². The van der Waals surface area contributed by atoms with E-state index in [4.69, 9.17) is 15.9 Å². The zero-order valence-corrected chi connectivity index (χ0v) is 12.9. The molecule has 3 unspecified atom stereocenters. The fraction of sp³-hybridized carbons (Fsp3) is 0.846. The Kier molecular flexibility index (Phi) is 6.98. The van der Waals surface area contributed by atoms with Gasteiger partial charge in [0.25, 0.3) is 0 Å². The number of ether oxygens (including phenoxy) is 1. The summed E-state index contributed by atoms with van der Waals surface area (Å²) in [6.07, 6.45) is -8.51. The summed E-state index contributed by atoms with van der Waals surface area (Å²) in [5, 5.41) is 39.7. The molecule has 7 N–H and O–H groups in total. The summed E-state index contributed by atoms with van der Waals surface area (Å²) in [6, 6.07) is -1.36. The zero-order chi connectivity index (χ0) is 18.7. The molecule has 140 valence electrons. The van der Waals surface area contributed by atoms with Gasteiger partial charge in [-0.3, -0.25) is 4.79 Å². The van der Waals surface area contributed by atoms with Gasteiger partial charge in [0.15, 0.2) is 6.17 Å². The minimum Gasteiger partial charge on any atom is -0.477 e. The lowest BCUT2D eigenvalue weighted by Crippen LogP contribution is -2.69. The Labute approximate surface area is 136 Å². The van der Waals surface area contributed by atoms with E-state index in [0.29, 0.717) is 0 Å². The van der Waals surface area contributed by atoms with Crippen LogP contribution in [0.5, 0.6) is 0 Å². The number of carbonyl (C=O) groups is 2. The fourth-order valence-electron chi connectivity index (χ4n) is 2.76. The lowest BCUT2D eigenvalue weighted by atomic mass is 9.79. The predicted molar refractivity (Wildman–Crippen MR) is 75.1 cm³/mol. The van der Waals surface area contributed by atoms with Crippen LogP contribution in [0, 0.1) is 5.92 Å². The van der Waals surface area contributed by atoms with Crippen LogP contribution in [0.4, 0.5) is 8.78 Å². The van der Waals surface area contributed by atoms with Crippen LogP contribution < -0.4 is 11.1 Å². The third-order valence-corrected chi connectivity index (χ3v) is 3.93. The Hall–Kier alpha value is -1.40. The topological polar surface area (TPSA) is 162 Å². The number of amides is 1. The maximum atomic E-state index is 14.5. The SMILES string of the molecule is CC(=O)N[C@@H]1C(CCN)C(F)[C@](F)(C(=O)O)OC1[C@H](O)[C@H](O)CO. The summed E-state index contributed by atoms with van der Waals surface area (Å²) in [5.41, 5.74) is 5.34. The van der Waals surface area contributed by atoms with Crippen LogP contribution in [0.2, 0.25) is 0 Å². The minimum atomic E-state index is -3.80. The van der Waals surface area contributed by atoms with Gasteiger partial charge in [0.2, 0.25) is 5.91 Å². The molecule has 0 saturated carbocycles. The van der Waals surface area contributed by atoms with Crippen molar-refractivity contribution >= 4 is 11.9 Å². The third kappa shape index (κ3) is 3.98. The van der Waals surface area contributed by atoms with E-state index in [-0.39, 0.29) is 13.0 Å². The quantitative estimate of drug-likeness (QED) is 0.295. The third-order valence-electron chi connectivity index (χ3n) is 3.93. The average molecular weight is 356 g/mol. The van der Waals surface area contributed by atoms with Crippen molar-refractivity contribution < 1.29 is 43.5 Å². The number of aliphatic hydroxyl groups excluding tert-OH is 3. The molecular weight excluding hydrogens is 334 g/mol. The Balaban J connectivity index is 3.31. The van der Waals surface area contributed by atoms with Crippen LogP contribution >= 0.6 is 0 Å². The van der Waals surface area contributed by atoms with Gasteiger partial charge in [-0.15, -0.1) is 0 Å². The molecule has 0 aromatic heterocycles. The summed E-state index contributed by atoms with van der Waals surface area (Å²) >= 11 is 0. The minimum absolute atomic E-state index is 0.151. The lowest BCUT2D eigenvalue weighted by Gasteiger charge is -2.47. The number of nitrogens with one attached hydrogen (secondary N) is 1. The highest BCUT2D eigenvalue weighted by atomic mass is 19.2. The lowest BCUT2D eigenvalue weighted by molar-refractivity contribution is -0.285. The monoisotopic (exact) mass is 356 g/mol. The molecule has 0 aromatic rings. The molecule has 24 heavy (non-hydrogen) atoms. The van der Waals surface area contributed by atoms with E-state index in [1.807, 2.05) is 0 Å². The van der Waals surface area contributed by atoms with Crippen molar-refractivity contribution in [3.8, 4) is 0 Å². The number of alkyl halides is 2. The van der Waals surface area contributed by atoms with Gasteiger partial charge in [0.1, 0.15) is 18.3 Å². The Bertz CT molecular complexity index is 470. The molecule has 1 fully saturated rings. The van der Waals surface area contributed by atoms with Crippen LogP contribution in [0.15, 0.2) is 0 Å². The van der Waals surface area contributed by atoms with Gasteiger partial charge < -0.3 is 36.2 Å². The second-order valence-corrected chi connectivity index (χ2v) is 5.64. The molecule has 0 radical (unpaired) electrons. The van der Waals surface area contributed by atoms with Gasteiger partial charge in [-0.05, 0) is 13.0 Å². The van der Waals surface area contributed by atoms with Crippen molar-refractivity contribution in [3.05, 3.63) is 0 Å². The fourth-order valence-corrected chi connectivity index (χ4v) is 2.76. The van der Waals surface area contributed by atoms with Crippen molar-refractivity contribution in [2.75, 3.05) is 13.2 Å². The molecule has 0 aliphatic carbocycles. The smallest absolute Gasteiger partial charge is 0.372 e. The maximum absolute atomic E-state index is 14.5. The number of aliphatic carboxylic acids is 1.